The molecule has 10 heteroatoms. The standard InChI is InChI=1S/C16H21N3O4S2.ClH/c1-23-10-9-17-7-8-18-16(20)13-4-2-5-14(12-13)19-25(21,22)15-6-3-11-24-15;/h2-6,11-12,17,19H,7-10H2,1H3,(H,18,20);1H. The summed E-state index contributed by atoms with van der Waals surface area (Å²) in [7, 11) is -2.00. The number of methoxy groups -OCH3 is 1. The molecule has 0 fully saturated rings. The first-order valence-corrected chi connectivity index (χ1v) is 10.0. The fraction of sp³-hybridized carbons (Fsp3) is 0.312. The third kappa shape index (κ3) is 6.93. The van der Waals surface area contributed by atoms with Crippen LogP contribution in [0.5, 0.6) is 0 Å². The maximum atomic E-state index is 12.2. The number of sulfonamides is 1. The van der Waals surface area contributed by atoms with Crippen LogP contribution in [-0.2, 0) is 14.8 Å². The highest BCUT2D eigenvalue weighted by Crippen LogP contribution is 2.20. The zero-order valence-corrected chi connectivity index (χ0v) is 16.7. The summed E-state index contributed by atoms with van der Waals surface area (Å²) in [5, 5.41) is 7.59. The monoisotopic (exact) mass is 419 g/mol. The minimum Gasteiger partial charge on any atom is -0.383 e. The highest BCUT2D eigenvalue weighted by Gasteiger charge is 2.15. The van der Waals surface area contributed by atoms with E-state index in [1.807, 2.05) is 0 Å². The predicted octanol–water partition coefficient (Wildman–Crippen LogP) is 1.94. The van der Waals surface area contributed by atoms with E-state index in [0.29, 0.717) is 37.5 Å². The largest absolute Gasteiger partial charge is 0.383 e. The molecule has 0 saturated carbocycles. The summed E-state index contributed by atoms with van der Waals surface area (Å²) >= 11 is 1.13. The van der Waals surface area contributed by atoms with E-state index < -0.39 is 10.0 Å². The zero-order valence-electron chi connectivity index (χ0n) is 14.2. The molecule has 0 aliphatic heterocycles. The number of ether oxygens (including phenoxy) is 1. The molecule has 0 radical (unpaired) electrons. The van der Waals surface area contributed by atoms with Gasteiger partial charge >= 0.3 is 0 Å². The molecule has 0 bridgehead atoms. The van der Waals surface area contributed by atoms with Gasteiger partial charge in [0, 0.05) is 38.0 Å². The van der Waals surface area contributed by atoms with Crippen molar-refractivity contribution in [3.05, 3.63) is 47.3 Å². The minimum atomic E-state index is -3.63. The fourth-order valence-corrected chi connectivity index (χ4v) is 4.05. The SMILES string of the molecule is COCCNCCNC(=O)c1cccc(NS(=O)(=O)c2cccs2)c1.Cl. The van der Waals surface area contributed by atoms with Gasteiger partial charge in [-0.25, -0.2) is 8.42 Å². The molecule has 7 nitrogen and oxygen atoms in total. The van der Waals surface area contributed by atoms with Crippen molar-refractivity contribution in [1.29, 1.82) is 0 Å². The maximum Gasteiger partial charge on any atom is 0.271 e. The van der Waals surface area contributed by atoms with Crippen molar-refractivity contribution in [2.24, 2.45) is 0 Å². The lowest BCUT2D eigenvalue weighted by Crippen LogP contribution is -2.33. The molecular weight excluding hydrogens is 398 g/mol. The number of hydrogen-bond acceptors (Lipinski definition) is 6. The van der Waals surface area contributed by atoms with Gasteiger partial charge in [0.05, 0.1) is 6.61 Å². The molecule has 0 unspecified atom stereocenters. The molecule has 0 spiro atoms. The van der Waals surface area contributed by atoms with Crippen LogP contribution in [0.3, 0.4) is 0 Å². The van der Waals surface area contributed by atoms with Crippen molar-refractivity contribution in [1.82, 2.24) is 10.6 Å². The van der Waals surface area contributed by atoms with E-state index in [-0.39, 0.29) is 22.5 Å². The topological polar surface area (TPSA) is 96.5 Å². The second kappa shape index (κ2) is 11.1. The molecule has 26 heavy (non-hydrogen) atoms. The number of benzene rings is 1. The first kappa shape index (κ1) is 22.4. The molecule has 3 N–H and O–H groups in total. The van der Waals surface area contributed by atoms with Crippen LogP contribution in [0.4, 0.5) is 5.69 Å². The van der Waals surface area contributed by atoms with Gasteiger partial charge in [0.15, 0.2) is 0 Å². The van der Waals surface area contributed by atoms with E-state index in [4.69, 9.17) is 4.74 Å². The van der Waals surface area contributed by atoms with Crippen LogP contribution >= 0.6 is 23.7 Å². The minimum absolute atomic E-state index is 0. The maximum absolute atomic E-state index is 12.2. The number of rotatable bonds is 10. The van der Waals surface area contributed by atoms with Gasteiger partial charge in [-0.3, -0.25) is 9.52 Å². The number of halogens is 1. The number of nitrogens with one attached hydrogen (secondary N) is 3. The van der Waals surface area contributed by atoms with Gasteiger partial charge in [0.25, 0.3) is 15.9 Å². The number of thiophene rings is 1. The lowest BCUT2D eigenvalue weighted by Gasteiger charge is -2.09. The highest BCUT2D eigenvalue weighted by molar-refractivity contribution is 7.94. The Morgan fingerprint density at radius 2 is 1.96 bits per heavy atom. The number of hydrogen-bond donors (Lipinski definition) is 3. The third-order valence-electron chi connectivity index (χ3n) is 3.21. The van der Waals surface area contributed by atoms with Crippen LogP contribution in [0.25, 0.3) is 0 Å². The number of carbonyl (C=O) groups is 1. The Hall–Kier alpha value is -1.65. The summed E-state index contributed by atoms with van der Waals surface area (Å²) in [6.45, 7) is 2.42. The summed E-state index contributed by atoms with van der Waals surface area (Å²) in [5.74, 6) is -0.259. The van der Waals surface area contributed by atoms with Gasteiger partial charge in [-0.05, 0) is 29.6 Å². The van der Waals surface area contributed by atoms with Gasteiger partial charge in [-0.2, -0.15) is 0 Å². The van der Waals surface area contributed by atoms with E-state index in [1.54, 1.807) is 36.8 Å². The molecule has 1 aromatic heterocycles. The molecule has 2 aromatic rings. The van der Waals surface area contributed by atoms with Crippen LogP contribution in [0.2, 0.25) is 0 Å². The summed E-state index contributed by atoms with van der Waals surface area (Å²) in [4.78, 5) is 12.1. The van der Waals surface area contributed by atoms with Gasteiger partial charge in [0.1, 0.15) is 4.21 Å². The fourth-order valence-electron chi connectivity index (χ4n) is 2.01. The van der Waals surface area contributed by atoms with E-state index in [0.717, 1.165) is 11.3 Å². The Balaban J connectivity index is 0.00000338. The summed E-state index contributed by atoms with van der Waals surface area (Å²) < 4.78 is 32.1. The van der Waals surface area contributed by atoms with Gasteiger partial charge < -0.3 is 15.4 Å². The summed E-state index contributed by atoms with van der Waals surface area (Å²) in [5.41, 5.74) is 0.738. The number of carbonyl (C=O) groups excluding carboxylic acids is 1. The molecule has 1 aromatic carbocycles. The average Bonchev–Trinajstić information content (AvgIpc) is 3.13. The quantitative estimate of drug-likeness (QED) is 0.511. The van der Waals surface area contributed by atoms with E-state index in [1.165, 1.54) is 12.1 Å². The predicted molar refractivity (Wildman–Crippen MR) is 106 cm³/mol. The molecule has 0 saturated heterocycles. The molecule has 0 aliphatic carbocycles. The third-order valence-corrected chi connectivity index (χ3v) is 5.99. The molecule has 144 valence electrons. The van der Waals surface area contributed by atoms with Crippen LogP contribution in [-0.4, -0.2) is 47.7 Å². The molecular formula is C16H22ClN3O4S2. The second-order valence-corrected chi connectivity index (χ2v) is 7.97. The lowest BCUT2D eigenvalue weighted by atomic mass is 10.2. The van der Waals surface area contributed by atoms with E-state index >= 15 is 0 Å². The van der Waals surface area contributed by atoms with Gasteiger partial charge in [-0.15, -0.1) is 23.7 Å². The van der Waals surface area contributed by atoms with Crippen LogP contribution in [0.1, 0.15) is 10.4 Å². The lowest BCUT2D eigenvalue weighted by molar-refractivity contribution is 0.0953. The first-order chi connectivity index (χ1) is 12.0. The van der Waals surface area contributed by atoms with Crippen molar-refractivity contribution in [3.8, 4) is 0 Å². The molecule has 1 amide bonds. The normalized spacial score (nSPS) is 10.8. The van der Waals surface area contributed by atoms with E-state index in [2.05, 4.69) is 15.4 Å². The molecule has 0 atom stereocenters. The Morgan fingerprint density at radius 1 is 1.15 bits per heavy atom. The molecule has 0 aliphatic rings. The molecule has 1 heterocycles. The Labute approximate surface area is 163 Å². The average molecular weight is 420 g/mol. The van der Waals surface area contributed by atoms with Crippen molar-refractivity contribution in [2.75, 3.05) is 38.1 Å². The molecule has 2 rings (SSSR count). The second-order valence-electron chi connectivity index (χ2n) is 5.12. The van der Waals surface area contributed by atoms with Crippen molar-refractivity contribution >= 4 is 45.4 Å². The Morgan fingerprint density at radius 3 is 2.65 bits per heavy atom. The van der Waals surface area contributed by atoms with Crippen molar-refractivity contribution in [2.45, 2.75) is 4.21 Å². The van der Waals surface area contributed by atoms with Crippen LogP contribution < -0.4 is 15.4 Å². The van der Waals surface area contributed by atoms with Gasteiger partial charge in [0.2, 0.25) is 0 Å². The Kier molecular flexibility index (Phi) is 9.60. The smallest absolute Gasteiger partial charge is 0.271 e. The first-order valence-electron chi connectivity index (χ1n) is 7.67. The number of amides is 1. The Bertz CT molecular complexity index is 783. The number of anilines is 1. The van der Waals surface area contributed by atoms with Crippen molar-refractivity contribution < 1.29 is 17.9 Å². The van der Waals surface area contributed by atoms with Crippen LogP contribution in [0, 0.1) is 0 Å². The van der Waals surface area contributed by atoms with E-state index in [9.17, 15) is 13.2 Å². The van der Waals surface area contributed by atoms with Crippen LogP contribution in [0.15, 0.2) is 46.0 Å². The summed E-state index contributed by atoms with van der Waals surface area (Å²) in [6, 6.07) is 9.59. The zero-order chi connectivity index (χ0) is 18.1. The highest BCUT2D eigenvalue weighted by atomic mass is 35.5. The summed E-state index contributed by atoms with van der Waals surface area (Å²) in [6.07, 6.45) is 0. The van der Waals surface area contributed by atoms with Gasteiger partial charge in [-0.1, -0.05) is 12.1 Å². The van der Waals surface area contributed by atoms with Crippen molar-refractivity contribution in [3.63, 3.8) is 0 Å².